The molecule has 0 spiro atoms. The summed E-state index contributed by atoms with van der Waals surface area (Å²) in [5.41, 5.74) is 3.34. The lowest BCUT2D eigenvalue weighted by atomic mass is 10.2. The number of ether oxygens (including phenoxy) is 2. The lowest BCUT2D eigenvalue weighted by Crippen LogP contribution is -2.15. The monoisotopic (exact) mass is 416 g/mol. The first-order valence-electron chi connectivity index (χ1n) is 8.71. The summed E-state index contributed by atoms with van der Waals surface area (Å²) in [7, 11) is 1.54. The van der Waals surface area contributed by atoms with Crippen molar-refractivity contribution in [3.05, 3.63) is 68.6 Å². The zero-order valence-electron chi connectivity index (χ0n) is 15.9. The third-order valence-electron chi connectivity index (χ3n) is 4.08. The Morgan fingerprint density at radius 2 is 1.96 bits per heavy atom. The summed E-state index contributed by atoms with van der Waals surface area (Å²) in [6.45, 7) is 4.28. The number of halogens is 1. The van der Waals surface area contributed by atoms with Crippen LogP contribution in [-0.4, -0.2) is 18.0 Å². The van der Waals surface area contributed by atoms with Crippen molar-refractivity contribution in [3.8, 4) is 11.5 Å². The van der Waals surface area contributed by atoms with Crippen LogP contribution in [-0.2, 0) is 17.8 Å². The zero-order chi connectivity index (χ0) is 20.1. The molecule has 1 heterocycles. The van der Waals surface area contributed by atoms with E-state index in [0.29, 0.717) is 28.8 Å². The average Bonchev–Trinajstić information content (AvgIpc) is 3.11. The SMILES string of the molecule is COc1cc(Cl)c(C)cc1NC(=O)Cc1csc(COc2ccc(C)cc2)n1. The number of hydrogen-bond acceptors (Lipinski definition) is 5. The molecule has 0 unspecified atom stereocenters. The van der Waals surface area contributed by atoms with Crippen molar-refractivity contribution >= 4 is 34.5 Å². The van der Waals surface area contributed by atoms with Crippen molar-refractivity contribution in [1.29, 1.82) is 0 Å². The minimum atomic E-state index is -0.170. The molecule has 0 fully saturated rings. The molecule has 0 aliphatic heterocycles. The number of aromatic nitrogens is 1. The molecule has 1 aromatic heterocycles. The van der Waals surface area contributed by atoms with Crippen LogP contribution in [0.15, 0.2) is 41.8 Å². The summed E-state index contributed by atoms with van der Waals surface area (Å²) in [6.07, 6.45) is 0.172. The summed E-state index contributed by atoms with van der Waals surface area (Å²) in [4.78, 5) is 16.9. The lowest BCUT2D eigenvalue weighted by Gasteiger charge is -2.12. The van der Waals surface area contributed by atoms with E-state index in [-0.39, 0.29) is 12.3 Å². The summed E-state index contributed by atoms with van der Waals surface area (Å²) in [5.74, 6) is 1.15. The Morgan fingerprint density at radius 3 is 2.68 bits per heavy atom. The molecule has 0 saturated heterocycles. The van der Waals surface area contributed by atoms with Gasteiger partial charge in [-0.1, -0.05) is 29.3 Å². The highest BCUT2D eigenvalue weighted by Crippen LogP contribution is 2.31. The number of carbonyl (C=O) groups excluding carboxylic acids is 1. The van der Waals surface area contributed by atoms with E-state index in [4.69, 9.17) is 21.1 Å². The van der Waals surface area contributed by atoms with Crippen molar-refractivity contribution < 1.29 is 14.3 Å². The predicted molar refractivity (Wildman–Crippen MR) is 113 cm³/mol. The van der Waals surface area contributed by atoms with Crippen LogP contribution < -0.4 is 14.8 Å². The molecule has 7 heteroatoms. The van der Waals surface area contributed by atoms with Gasteiger partial charge in [-0.15, -0.1) is 11.3 Å². The summed E-state index contributed by atoms with van der Waals surface area (Å²) >= 11 is 7.58. The van der Waals surface area contributed by atoms with Gasteiger partial charge in [-0.25, -0.2) is 4.98 Å². The van der Waals surface area contributed by atoms with Crippen LogP contribution in [0.2, 0.25) is 5.02 Å². The van der Waals surface area contributed by atoms with E-state index in [9.17, 15) is 4.79 Å². The number of hydrogen-bond donors (Lipinski definition) is 1. The summed E-state index contributed by atoms with van der Waals surface area (Å²) in [6, 6.07) is 11.3. The predicted octanol–water partition coefficient (Wildman–Crippen LogP) is 5.18. The molecule has 2 aromatic carbocycles. The van der Waals surface area contributed by atoms with Gasteiger partial charge in [0.25, 0.3) is 0 Å². The molecule has 0 saturated carbocycles. The molecule has 0 aliphatic carbocycles. The standard InChI is InChI=1S/C21H21ClN2O3S/c1-13-4-6-16(7-5-13)27-11-21-23-15(12-28-21)9-20(25)24-18-8-14(2)17(22)10-19(18)26-3/h4-8,10,12H,9,11H2,1-3H3,(H,24,25). The van der Waals surface area contributed by atoms with Gasteiger partial charge in [-0.05, 0) is 37.6 Å². The molecular formula is C21H21ClN2O3S. The number of carbonyl (C=O) groups is 1. The first-order chi connectivity index (χ1) is 13.4. The molecule has 28 heavy (non-hydrogen) atoms. The first-order valence-corrected chi connectivity index (χ1v) is 9.97. The quantitative estimate of drug-likeness (QED) is 0.576. The van der Waals surface area contributed by atoms with Crippen molar-refractivity contribution in [3.63, 3.8) is 0 Å². The normalized spacial score (nSPS) is 10.6. The number of nitrogens with zero attached hydrogens (tertiary/aromatic N) is 1. The van der Waals surface area contributed by atoms with Crippen LogP contribution in [0.25, 0.3) is 0 Å². The van der Waals surface area contributed by atoms with Crippen molar-refractivity contribution in [2.45, 2.75) is 26.9 Å². The molecule has 3 rings (SSSR count). The first kappa shape index (κ1) is 20.2. The van der Waals surface area contributed by atoms with Crippen LogP contribution >= 0.6 is 22.9 Å². The second-order valence-corrected chi connectivity index (χ2v) is 7.71. The lowest BCUT2D eigenvalue weighted by molar-refractivity contribution is -0.115. The van der Waals surface area contributed by atoms with Crippen molar-refractivity contribution in [2.75, 3.05) is 12.4 Å². The topological polar surface area (TPSA) is 60.5 Å². The number of amides is 1. The number of thiazole rings is 1. The molecule has 1 amide bonds. The van der Waals surface area contributed by atoms with Crippen LogP contribution in [0.3, 0.4) is 0 Å². The average molecular weight is 417 g/mol. The molecule has 0 atom stereocenters. The molecule has 1 N–H and O–H groups in total. The molecule has 146 valence electrons. The molecule has 0 radical (unpaired) electrons. The van der Waals surface area contributed by atoms with Gasteiger partial charge in [0.2, 0.25) is 5.91 Å². The fourth-order valence-corrected chi connectivity index (χ4v) is 3.42. The van der Waals surface area contributed by atoms with Crippen LogP contribution in [0, 0.1) is 13.8 Å². The van der Waals surface area contributed by atoms with Gasteiger partial charge in [-0.3, -0.25) is 4.79 Å². The van der Waals surface area contributed by atoms with Crippen molar-refractivity contribution in [1.82, 2.24) is 4.98 Å². The Bertz CT molecular complexity index is 970. The maximum atomic E-state index is 12.4. The zero-order valence-corrected chi connectivity index (χ0v) is 17.5. The third-order valence-corrected chi connectivity index (χ3v) is 5.36. The number of benzene rings is 2. The second-order valence-electron chi connectivity index (χ2n) is 6.36. The van der Waals surface area contributed by atoms with E-state index < -0.39 is 0 Å². The highest BCUT2D eigenvalue weighted by atomic mass is 35.5. The van der Waals surface area contributed by atoms with Gasteiger partial charge >= 0.3 is 0 Å². The van der Waals surface area contributed by atoms with Crippen LogP contribution in [0.5, 0.6) is 11.5 Å². The summed E-state index contributed by atoms with van der Waals surface area (Å²) in [5, 5.41) is 6.15. The molecular weight excluding hydrogens is 396 g/mol. The van der Waals surface area contributed by atoms with Gasteiger partial charge < -0.3 is 14.8 Å². The van der Waals surface area contributed by atoms with E-state index in [1.165, 1.54) is 24.0 Å². The number of rotatable bonds is 7. The summed E-state index contributed by atoms with van der Waals surface area (Å²) < 4.78 is 11.0. The van der Waals surface area contributed by atoms with E-state index in [2.05, 4.69) is 10.3 Å². The Kier molecular flexibility index (Phi) is 6.54. The molecule has 0 bridgehead atoms. The fourth-order valence-electron chi connectivity index (χ4n) is 2.56. The number of nitrogens with one attached hydrogen (secondary N) is 1. The van der Waals surface area contributed by atoms with E-state index in [0.717, 1.165) is 16.3 Å². The van der Waals surface area contributed by atoms with E-state index >= 15 is 0 Å². The molecule has 3 aromatic rings. The Hall–Kier alpha value is -2.57. The van der Waals surface area contributed by atoms with Crippen LogP contribution in [0.4, 0.5) is 5.69 Å². The number of methoxy groups -OCH3 is 1. The van der Waals surface area contributed by atoms with Gasteiger partial charge in [-0.2, -0.15) is 0 Å². The highest BCUT2D eigenvalue weighted by Gasteiger charge is 2.13. The van der Waals surface area contributed by atoms with Crippen LogP contribution in [0.1, 0.15) is 21.8 Å². The van der Waals surface area contributed by atoms with E-state index in [1.807, 2.05) is 43.5 Å². The van der Waals surface area contributed by atoms with Gasteiger partial charge in [0.05, 0.1) is 24.9 Å². The fraction of sp³-hybridized carbons (Fsp3) is 0.238. The minimum Gasteiger partial charge on any atom is -0.495 e. The van der Waals surface area contributed by atoms with Gasteiger partial charge in [0.15, 0.2) is 0 Å². The van der Waals surface area contributed by atoms with Crippen molar-refractivity contribution in [2.24, 2.45) is 0 Å². The smallest absolute Gasteiger partial charge is 0.230 e. The number of anilines is 1. The molecule has 0 aliphatic rings. The number of aryl methyl sites for hydroxylation is 2. The second kappa shape index (κ2) is 9.08. The molecule has 5 nitrogen and oxygen atoms in total. The van der Waals surface area contributed by atoms with E-state index in [1.54, 1.807) is 12.1 Å². The maximum Gasteiger partial charge on any atom is 0.230 e. The van der Waals surface area contributed by atoms with Gasteiger partial charge in [0, 0.05) is 16.5 Å². The Labute approximate surface area is 173 Å². The Balaban J connectivity index is 1.58. The maximum absolute atomic E-state index is 12.4. The highest BCUT2D eigenvalue weighted by molar-refractivity contribution is 7.09. The Morgan fingerprint density at radius 1 is 1.21 bits per heavy atom. The minimum absolute atomic E-state index is 0.170. The third kappa shape index (κ3) is 5.24. The van der Waals surface area contributed by atoms with Gasteiger partial charge in [0.1, 0.15) is 23.1 Å². The largest absolute Gasteiger partial charge is 0.495 e.